The molecule has 5 heteroatoms. The van der Waals surface area contributed by atoms with Crippen LogP contribution in [0, 0.1) is 0 Å². The number of halogens is 4. The third kappa shape index (κ3) is 4.55. The van der Waals surface area contributed by atoms with Gasteiger partial charge in [-0.2, -0.15) is 13.2 Å². The van der Waals surface area contributed by atoms with Crippen molar-refractivity contribution in [3.63, 3.8) is 0 Å². The highest BCUT2D eigenvalue weighted by Gasteiger charge is 2.28. The average Bonchev–Trinajstić information content (AvgIpc) is 2.13. The maximum Gasteiger partial charge on any atom is 0.422 e. The van der Waals surface area contributed by atoms with Crippen LogP contribution in [0.4, 0.5) is 13.2 Å². The second-order valence-corrected chi connectivity index (χ2v) is 3.97. The van der Waals surface area contributed by atoms with E-state index in [1.807, 2.05) is 13.0 Å². The lowest BCUT2D eigenvalue weighted by Gasteiger charge is -2.10. The number of benzene rings is 1. The number of aryl methyl sites for hydroxylation is 1. The monoisotopic (exact) mass is 282 g/mol. The molecule has 0 spiro atoms. The van der Waals surface area contributed by atoms with Crippen molar-refractivity contribution < 1.29 is 17.9 Å². The van der Waals surface area contributed by atoms with Crippen molar-refractivity contribution in [2.45, 2.75) is 19.5 Å². The van der Waals surface area contributed by atoms with Crippen LogP contribution in [0.15, 0.2) is 22.7 Å². The first-order valence-corrected chi connectivity index (χ1v) is 5.19. The Kier molecular flexibility index (Phi) is 4.02. The first kappa shape index (κ1) is 12.4. The summed E-state index contributed by atoms with van der Waals surface area (Å²) in [5, 5.41) is 0. The van der Waals surface area contributed by atoms with Crippen molar-refractivity contribution in [1.29, 1.82) is 0 Å². The maximum absolute atomic E-state index is 11.9. The van der Waals surface area contributed by atoms with Crippen molar-refractivity contribution in [3.05, 3.63) is 28.2 Å². The van der Waals surface area contributed by atoms with Crippen LogP contribution in [-0.2, 0) is 6.42 Å². The van der Waals surface area contributed by atoms with Crippen LogP contribution in [0.1, 0.15) is 12.5 Å². The summed E-state index contributed by atoms with van der Waals surface area (Å²) < 4.78 is 41.0. The number of alkyl halides is 3. The number of hydrogen-bond donors (Lipinski definition) is 0. The van der Waals surface area contributed by atoms with Gasteiger partial charge in [0.25, 0.3) is 0 Å². The fraction of sp³-hybridized carbons (Fsp3) is 0.400. The van der Waals surface area contributed by atoms with Gasteiger partial charge in [0, 0.05) is 4.47 Å². The van der Waals surface area contributed by atoms with Gasteiger partial charge in [0.2, 0.25) is 0 Å². The second-order valence-electron chi connectivity index (χ2n) is 3.05. The molecule has 0 aromatic heterocycles. The molecule has 15 heavy (non-hydrogen) atoms. The predicted octanol–water partition coefficient (Wildman–Crippen LogP) is 3.95. The van der Waals surface area contributed by atoms with Gasteiger partial charge in [-0.05, 0) is 30.2 Å². The first-order chi connectivity index (χ1) is 6.90. The van der Waals surface area contributed by atoms with Gasteiger partial charge in [-0.15, -0.1) is 0 Å². The minimum Gasteiger partial charge on any atom is -0.484 e. The molecule has 1 aromatic carbocycles. The molecule has 0 aliphatic heterocycles. The van der Waals surface area contributed by atoms with Crippen molar-refractivity contribution in [2.24, 2.45) is 0 Å². The Hall–Kier alpha value is -0.710. The van der Waals surface area contributed by atoms with E-state index in [1.165, 1.54) is 6.07 Å². The third-order valence-corrected chi connectivity index (χ3v) is 2.20. The molecule has 0 saturated heterocycles. The highest BCUT2D eigenvalue weighted by molar-refractivity contribution is 9.10. The fourth-order valence-corrected chi connectivity index (χ4v) is 1.59. The number of rotatable bonds is 3. The van der Waals surface area contributed by atoms with Crippen molar-refractivity contribution in [3.8, 4) is 5.75 Å². The van der Waals surface area contributed by atoms with Crippen LogP contribution >= 0.6 is 15.9 Å². The van der Waals surface area contributed by atoms with Crippen molar-refractivity contribution >= 4 is 15.9 Å². The van der Waals surface area contributed by atoms with Gasteiger partial charge in [-0.3, -0.25) is 0 Å². The topological polar surface area (TPSA) is 9.23 Å². The van der Waals surface area contributed by atoms with E-state index in [2.05, 4.69) is 20.7 Å². The Bertz CT molecular complexity index is 336. The molecular formula is C10H10BrF3O. The lowest BCUT2D eigenvalue weighted by atomic mass is 10.2. The SMILES string of the molecule is CCc1cc(Br)cc(OCC(F)(F)F)c1. The second kappa shape index (κ2) is 4.88. The smallest absolute Gasteiger partial charge is 0.422 e. The van der Waals surface area contributed by atoms with E-state index < -0.39 is 12.8 Å². The Labute approximate surface area is 94.4 Å². The van der Waals surface area contributed by atoms with Crippen LogP contribution < -0.4 is 4.74 Å². The molecule has 84 valence electrons. The zero-order chi connectivity index (χ0) is 11.5. The molecule has 0 atom stereocenters. The molecule has 0 aliphatic rings. The standard InChI is InChI=1S/C10H10BrF3O/c1-2-7-3-8(11)5-9(4-7)15-6-10(12,13)14/h3-5H,2,6H2,1H3. The van der Waals surface area contributed by atoms with E-state index in [0.717, 1.165) is 16.5 Å². The summed E-state index contributed by atoms with van der Waals surface area (Å²) in [6.45, 7) is 0.669. The van der Waals surface area contributed by atoms with Gasteiger partial charge in [0.05, 0.1) is 0 Å². The van der Waals surface area contributed by atoms with E-state index in [9.17, 15) is 13.2 Å². The minimum atomic E-state index is -4.30. The summed E-state index contributed by atoms with van der Waals surface area (Å²) in [6.07, 6.45) is -3.55. The Balaban J connectivity index is 2.73. The molecule has 0 fully saturated rings. The van der Waals surface area contributed by atoms with Crippen LogP contribution in [0.25, 0.3) is 0 Å². The van der Waals surface area contributed by atoms with Crippen molar-refractivity contribution in [1.82, 2.24) is 0 Å². The number of hydrogen-bond acceptors (Lipinski definition) is 1. The van der Waals surface area contributed by atoms with Gasteiger partial charge < -0.3 is 4.74 Å². The molecule has 0 unspecified atom stereocenters. The summed E-state index contributed by atoms with van der Waals surface area (Å²) >= 11 is 3.21. The molecule has 0 saturated carbocycles. The largest absolute Gasteiger partial charge is 0.484 e. The lowest BCUT2D eigenvalue weighted by Crippen LogP contribution is -2.19. The van der Waals surface area contributed by atoms with E-state index in [0.29, 0.717) is 0 Å². The fourth-order valence-electron chi connectivity index (χ4n) is 1.07. The number of ether oxygens (including phenoxy) is 1. The predicted molar refractivity (Wildman–Crippen MR) is 55.1 cm³/mol. The molecule has 0 radical (unpaired) electrons. The van der Waals surface area contributed by atoms with Crippen LogP contribution in [0.5, 0.6) is 5.75 Å². The molecule has 0 amide bonds. The molecule has 1 rings (SSSR count). The highest BCUT2D eigenvalue weighted by Crippen LogP contribution is 2.24. The summed E-state index contributed by atoms with van der Waals surface area (Å²) in [7, 11) is 0. The van der Waals surface area contributed by atoms with Gasteiger partial charge in [0.15, 0.2) is 6.61 Å². The van der Waals surface area contributed by atoms with E-state index in [1.54, 1.807) is 6.07 Å². The summed E-state index contributed by atoms with van der Waals surface area (Å²) in [6, 6.07) is 4.97. The lowest BCUT2D eigenvalue weighted by molar-refractivity contribution is -0.153. The summed E-state index contributed by atoms with van der Waals surface area (Å²) in [5.41, 5.74) is 0.932. The van der Waals surface area contributed by atoms with Gasteiger partial charge in [-0.25, -0.2) is 0 Å². The molecule has 0 bridgehead atoms. The van der Waals surface area contributed by atoms with Crippen molar-refractivity contribution in [2.75, 3.05) is 6.61 Å². The molecule has 0 aliphatic carbocycles. The van der Waals surface area contributed by atoms with Gasteiger partial charge in [-0.1, -0.05) is 22.9 Å². The highest BCUT2D eigenvalue weighted by atomic mass is 79.9. The van der Waals surface area contributed by atoms with Gasteiger partial charge in [0.1, 0.15) is 5.75 Å². The van der Waals surface area contributed by atoms with E-state index >= 15 is 0 Å². The normalized spacial score (nSPS) is 11.5. The molecule has 1 aromatic rings. The quantitative estimate of drug-likeness (QED) is 0.816. The van der Waals surface area contributed by atoms with E-state index in [-0.39, 0.29) is 5.75 Å². The molecule has 1 nitrogen and oxygen atoms in total. The molecular weight excluding hydrogens is 273 g/mol. The minimum absolute atomic E-state index is 0.235. The average molecular weight is 283 g/mol. The third-order valence-electron chi connectivity index (χ3n) is 1.74. The maximum atomic E-state index is 11.9. The Morgan fingerprint density at radius 2 is 1.93 bits per heavy atom. The zero-order valence-corrected chi connectivity index (χ0v) is 9.65. The van der Waals surface area contributed by atoms with Crippen LogP contribution in [0.2, 0.25) is 0 Å². The van der Waals surface area contributed by atoms with E-state index in [4.69, 9.17) is 0 Å². The Morgan fingerprint density at radius 3 is 2.47 bits per heavy atom. The van der Waals surface area contributed by atoms with Crippen LogP contribution in [0.3, 0.4) is 0 Å². The molecule has 0 heterocycles. The zero-order valence-electron chi connectivity index (χ0n) is 8.07. The van der Waals surface area contributed by atoms with Gasteiger partial charge >= 0.3 is 6.18 Å². The Morgan fingerprint density at radius 1 is 1.27 bits per heavy atom. The first-order valence-electron chi connectivity index (χ1n) is 4.39. The molecule has 0 N–H and O–H groups in total. The summed E-state index contributed by atoms with van der Waals surface area (Å²) in [5.74, 6) is 0.235. The summed E-state index contributed by atoms with van der Waals surface area (Å²) in [4.78, 5) is 0. The van der Waals surface area contributed by atoms with Crippen LogP contribution in [-0.4, -0.2) is 12.8 Å².